The Morgan fingerprint density at radius 3 is 2.37 bits per heavy atom. The van der Waals surface area contributed by atoms with Gasteiger partial charge in [0, 0.05) is 4.47 Å². The van der Waals surface area contributed by atoms with E-state index in [0.29, 0.717) is 16.6 Å². The largest absolute Gasteiger partial charge is 0.478 e. The van der Waals surface area contributed by atoms with Crippen molar-refractivity contribution in [2.75, 3.05) is 0 Å². The number of aromatic carboxylic acids is 1. The Balaban J connectivity index is 2.48. The van der Waals surface area contributed by atoms with Gasteiger partial charge in [0.15, 0.2) is 0 Å². The van der Waals surface area contributed by atoms with Gasteiger partial charge in [-0.2, -0.15) is 0 Å². The molecule has 1 N–H and O–H groups in total. The summed E-state index contributed by atoms with van der Waals surface area (Å²) in [6.45, 7) is 0. The van der Waals surface area contributed by atoms with Gasteiger partial charge in [0.1, 0.15) is 11.2 Å². The molecule has 1 heterocycles. The molecule has 0 aliphatic rings. The third-order valence-corrected chi connectivity index (χ3v) is 3.37. The molecule has 1 aromatic heterocycles. The van der Waals surface area contributed by atoms with Crippen LogP contribution in [0.15, 0.2) is 50.1 Å². The third kappa shape index (κ3) is 1.92. The maximum Gasteiger partial charge on any atom is 0.335 e. The molecule has 0 atom stereocenters. The summed E-state index contributed by atoms with van der Waals surface area (Å²) in [6, 6.07) is 9.39. The van der Waals surface area contributed by atoms with E-state index >= 15 is 0 Å². The van der Waals surface area contributed by atoms with Crippen LogP contribution in [0.1, 0.15) is 10.4 Å². The summed E-state index contributed by atoms with van der Waals surface area (Å²) in [7, 11) is 0. The van der Waals surface area contributed by atoms with Crippen LogP contribution in [0.4, 0.5) is 0 Å². The molecule has 0 amide bonds. The average molecular weight is 319 g/mol. The lowest BCUT2D eigenvalue weighted by molar-refractivity contribution is 0.0697. The highest BCUT2D eigenvalue weighted by atomic mass is 79.9. The smallest absolute Gasteiger partial charge is 0.335 e. The van der Waals surface area contributed by atoms with E-state index < -0.39 is 5.97 Å². The molecule has 2 aromatic carbocycles. The summed E-state index contributed by atoms with van der Waals surface area (Å²) >= 11 is 3.29. The molecule has 0 spiro atoms. The summed E-state index contributed by atoms with van der Waals surface area (Å²) in [5.74, 6) is -1.07. The van der Waals surface area contributed by atoms with Gasteiger partial charge in [0.25, 0.3) is 0 Å². The van der Waals surface area contributed by atoms with E-state index in [0.717, 1.165) is 4.47 Å². The van der Waals surface area contributed by atoms with Gasteiger partial charge in [-0.15, -0.1) is 0 Å². The molecule has 0 radical (unpaired) electrons. The molecule has 0 fully saturated rings. The molecule has 19 heavy (non-hydrogen) atoms. The standard InChI is InChI=1S/C14H7BrO4/c15-8-2-4-12-10(6-8)13(16)9-5-7(14(17)18)1-3-11(9)19-12/h1-6H,(H,17,18). The molecule has 0 unspecified atom stereocenters. The first-order valence-electron chi connectivity index (χ1n) is 5.46. The van der Waals surface area contributed by atoms with Crippen LogP contribution < -0.4 is 5.43 Å². The minimum Gasteiger partial charge on any atom is -0.478 e. The van der Waals surface area contributed by atoms with Crippen LogP contribution in [-0.2, 0) is 0 Å². The number of hydrogen-bond acceptors (Lipinski definition) is 3. The zero-order chi connectivity index (χ0) is 13.6. The molecule has 0 aliphatic carbocycles. The number of halogens is 1. The van der Waals surface area contributed by atoms with Crippen LogP contribution in [-0.4, -0.2) is 11.1 Å². The quantitative estimate of drug-likeness (QED) is 0.698. The molecular weight excluding hydrogens is 312 g/mol. The SMILES string of the molecule is O=C(O)c1ccc2oc3ccc(Br)cc3c(=O)c2c1. The van der Waals surface area contributed by atoms with Gasteiger partial charge < -0.3 is 9.52 Å². The van der Waals surface area contributed by atoms with Crippen molar-refractivity contribution < 1.29 is 14.3 Å². The molecular formula is C14H7BrO4. The maximum absolute atomic E-state index is 12.3. The lowest BCUT2D eigenvalue weighted by Gasteiger charge is -2.02. The number of benzene rings is 2. The number of carboxylic acids is 1. The minimum atomic E-state index is -1.07. The molecule has 0 aliphatic heterocycles. The van der Waals surface area contributed by atoms with E-state index in [1.54, 1.807) is 18.2 Å². The van der Waals surface area contributed by atoms with Gasteiger partial charge >= 0.3 is 5.97 Å². The summed E-state index contributed by atoms with van der Waals surface area (Å²) in [4.78, 5) is 23.3. The second kappa shape index (κ2) is 4.20. The van der Waals surface area contributed by atoms with Crippen molar-refractivity contribution in [1.29, 1.82) is 0 Å². The molecule has 4 nitrogen and oxygen atoms in total. The Hall–Kier alpha value is -2.14. The van der Waals surface area contributed by atoms with E-state index in [1.807, 2.05) is 0 Å². The summed E-state index contributed by atoms with van der Waals surface area (Å²) < 4.78 is 6.37. The Bertz CT molecular complexity index is 880. The van der Waals surface area contributed by atoms with Crippen molar-refractivity contribution in [3.8, 4) is 0 Å². The maximum atomic E-state index is 12.3. The molecule has 5 heteroatoms. The highest BCUT2D eigenvalue weighted by Gasteiger charge is 2.11. The second-order valence-electron chi connectivity index (χ2n) is 4.09. The molecule has 0 saturated heterocycles. The number of rotatable bonds is 1. The number of carbonyl (C=O) groups is 1. The van der Waals surface area contributed by atoms with Crippen molar-refractivity contribution in [3.05, 3.63) is 56.7 Å². The fraction of sp³-hybridized carbons (Fsp3) is 0. The third-order valence-electron chi connectivity index (χ3n) is 2.88. The lowest BCUT2D eigenvalue weighted by atomic mass is 10.1. The second-order valence-corrected chi connectivity index (χ2v) is 5.00. The summed E-state index contributed by atoms with van der Waals surface area (Å²) in [5, 5.41) is 9.64. The Morgan fingerprint density at radius 2 is 1.68 bits per heavy atom. The Labute approximate surface area is 115 Å². The van der Waals surface area contributed by atoms with E-state index in [-0.39, 0.29) is 16.4 Å². The lowest BCUT2D eigenvalue weighted by Crippen LogP contribution is -2.04. The first-order valence-corrected chi connectivity index (χ1v) is 6.25. The molecule has 3 rings (SSSR count). The minimum absolute atomic E-state index is 0.0640. The molecule has 0 saturated carbocycles. The van der Waals surface area contributed by atoms with Crippen LogP contribution in [0.2, 0.25) is 0 Å². The average Bonchev–Trinajstić information content (AvgIpc) is 2.39. The topological polar surface area (TPSA) is 67.5 Å². The highest BCUT2D eigenvalue weighted by molar-refractivity contribution is 9.10. The first-order chi connectivity index (χ1) is 9.06. The molecule has 3 aromatic rings. The van der Waals surface area contributed by atoms with Crippen LogP contribution in [0.5, 0.6) is 0 Å². The van der Waals surface area contributed by atoms with Crippen molar-refractivity contribution in [2.45, 2.75) is 0 Å². The summed E-state index contributed by atoms with van der Waals surface area (Å²) in [5.41, 5.74) is 0.684. The fourth-order valence-corrected chi connectivity index (χ4v) is 2.32. The van der Waals surface area contributed by atoms with E-state index in [2.05, 4.69) is 15.9 Å². The fourth-order valence-electron chi connectivity index (χ4n) is 1.96. The van der Waals surface area contributed by atoms with E-state index in [1.165, 1.54) is 18.2 Å². The van der Waals surface area contributed by atoms with Crippen molar-refractivity contribution in [1.82, 2.24) is 0 Å². The predicted molar refractivity (Wildman–Crippen MR) is 74.6 cm³/mol. The van der Waals surface area contributed by atoms with Crippen LogP contribution in [0.3, 0.4) is 0 Å². The zero-order valence-corrected chi connectivity index (χ0v) is 11.1. The van der Waals surface area contributed by atoms with Gasteiger partial charge in [-0.1, -0.05) is 15.9 Å². The predicted octanol–water partition coefficient (Wildman–Crippen LogP) is 3.41. The monoisotopic (exact) mass is 318 g/mol. The van der Waals surface area contributed by atoms with Crippen molar-refractivity contribution >= 4 is 43.8 Å². The van der Waals surface area contributed by atoms with Gasteiger partial charge in [-0.25, -0.2) is 4.79 Å². The highest BCUT2D eigenvalue weighted by Crippen LogP contribution is 2.22. The van der Waals surface area contributed by atoms with Crippen molar-refractivity contribution in [2.24, 2.45) is 0 Å². The zero-order valence-electron chi connectivity index (χ0n) is 9.51. The first kappa shape index (κ1) is 11.9. The molecule has 0 bridgehead atoms. The summed E-state index contributed by atoms with van der Waals surface area (Å²) in [6.07, 6.45) is 0. The van der Waals surface area contributed by atoms with Gasteiger partial charge in [-0.05, 0) is 36.4 Å². The number of carboxylic acid groups (broad SMARTS) is 1. The van der Waals surface area contributed by atoms with Gasteiger partial charge in [0.2, 0.25) is 5.43 Å². The van der Waals surface area contributed by atoms with Gasteiger partial charge in [0.05, 0.1) is 16.3 Å². The normalized spacial score (nSPS) is 11.0. The Kier molecular flexibility index (Phi) is 2.64. The van der Waals surface area contributed by atoms with Crippen LogP contribution >= 0.6 is 15.9 Å². The Morgan fingerprint density at radius 1 is 1.05 bits per heavy atom. The number of hydrogen-bond donors (Lipinski definition) is 1. The van der Waals surface area contributed by atoms with Crippen LogP contribution in [0.25, 0.3) is 21.9 Å². The van der Waals surface area contributed by atoms with E-state index in [9.17, 15) is 9.59 Å². The van der Waals surface area contributed by atoms with Gasteiger partial charge in [-0.3, -0.25) is 4.79 Å². The molecule has 94 valence electrons. The van der Waals surface area contributed by atoms with Crippen LogP contribution in [0, 0.1) is 0 Å². The number of fused-ring (bicyclic) bond motifs is 2. The van der Waals surface area contributed by atoms with E-state index in [4.69, 9.17) is 9.52 Å². The van der Waals surface area contributed by atoms with Crippen molar-refractivity contribution in [3.63, 3.8) is 0 Å².